The molecule has 1 aliphatic rings. The third-order valence-corrected chi connectivity index (χ3v) is 6.54. The fourth-order valence-electron chi connectivity index (χ4n) is 3.77. The van der Waals surface area contributed by atoms with E-state index >= 15 is 0 Å². The predicted molar refractivity (Wildman–Crippen MR) is 119 cm³/mol. The summed E-state index contributed by atoms with van der Waals surface area (Å²) in [6.07, 6.45) is 0. The van der Waals surface area contributed by atoms with Crippen molar-refractivity contribution in [3.63, 3.8) is 0 Å². The predicted octanol–water partition coefficient (Wildman–Crippen LogP) is 4.99. The quantitative estimate of drug-likeness (QED) is 0.513. The first-order valence-electron chi connectivity index (χ1n) is 9.51. The average Bonchev–Trinajstić information content (AvgIpc) is 2.79. The van der Waals surface area contributed by atoms with Crippen LogP contribution in [-0.2, 0) is 0 Å². The van der Waals surface area contributed by atoms with E-state index in [2.05, 4.69) is 4.98 Å². The van der Waals surface area contributed by atoms with E-state index in [1.165, 1.54) is 11.8 Å². The van der Waals surface area contributed by atoms with Crippen LogP contribution >= 0.6 is 11.8 Å². The first-order chi connectivity index (χ1) is 14.7. The van der Waals surface area contributed by atoms with Gasteiger partial charge in [-0.3, -0.25) is 14.5 Å². The maximum absolute atomic E-state index is 13.8. The lowest BCUT2D eigenvalue weighted by Gasteiger charge is -2.36. The molecule has 30 heavy (non-hydrogen) atoms. The number of para-hydroxylation sites is 2. The number of carbonyl (C=O) groups excluding carboxylic acids is 1. The molecule has 0 bridgehead atoms. The van der Waals surface area contributed by atoms with Gasteiger partial charge in [0.1, 0.15) is 11.1 Å². The molecule has 0 spiro atoms. The molecule has 5 nitrogen and oxygen atoms in total. The monoisotopic (exact) mass is 414 g/mol. The number of ether oxygens (including phenoxy) is 1. The van der Waals surface area contributed by atoms with Crippen LogP contribution < -0.4 is 15.2 Å². The van der Waals surface area contributed by atoms with Gasteiger partial charge in [-0.05, 0) is 35.9 Å². The number of amides is 1. The van der Waals surface area contributed by atoms with Gasteiger partial charge in [0.2, 0.25) is 0 Å². The van der Waals surface area contributed by atoms with E-state index in [1.807, 2.05) is 78.9 Å². The Balaban J connectivity index is 1.74. The molecule has 0 saturated carbocycles. The highest BCUT2D eigenvalue weighted by Crippen LogP contribution is 2.46. The van der Waals surface area contributed by atoms with Gasteiger partial charge in [-0.15, -0.1) is 0 Å². The molecule has 1 aromatic heterocycles. The second-order valence-electron chi connectivity index (χ2n) is 6.96. The van der Waals surface area contributed by atoms with Crippen LogP contribution in [0.4, 0.5) is 5.69 Å². The number of thioether (sulfide) groups is 1. The molecule has 1 amide bonds. The van der Waals surface area contributed by atoms with Crippen molar-refractivity contribution in [3.05, 3.63) is 100 Å². The largest absolute Gasteiger partial charge is 0.497 e. The number of aromatic nitrogens is 1. The maximum atomic E-state index is 13.8. The van der Waals surface area contributed by atoms with Gasteiger partial charge in [-0.1, -0.05) is 60.3 Å². The maximum Gasteiger partial charge on any atom is 0.263 e. The first-order valence-corrected chi connectivity index (χ1v) is 10.4. The number of anilines is 1. The summed E-state index contributed by atoms with van der Waals surface area (Å²) in [6, 6.07) is 24.6. The number of aromatic amines is 1. The van der Waals surface area contributed by atoms with E-state index in [0.717, 1.165) is 22.4 Å². The summed E-state index contributed by atoms with van der Waals surface area (Å²) >= 11 is 1.39. The topological polar surface area (TPSA) is 62.4 Å². The van der Waals surface area contributed by atoms with Crippen molar-refractivity contribution in [2.24, 2.45) is 0 Å². The summed E-state index contributed by atoms with van der Waals surface area (Å²) in [5, 5.41) is 0.374. The molecule has 1 unspecified atom stereocenters. The number of carbonyl (C=O) groups is 1. The molecular formula is C24H18N2O3S. The SMILES string of the molecule is COc1ccc(C2Sc3c(c4ccccc4[nH]c3=O)C(=O)N2c2ccccc2)cc1. The van der Waals surface area contributed by atoms with Gasteiger partial charge in [-0.25, -0.2) is 0 Å². The number of hydrogen-bond donors (Lipinski definition) is 1. The third kappa shape index (κ3) is 2.97. The molecule has 1 N–H and O–H groups in total. The zero-order valence-electron chi connectivity index (χ0n) is 16.2. The van der Waals surface area contributed by atoms with E-state index in [0.29, 0.717) is 16.0 Å². The Bertz CT molecular complexity index is 1300. The van der Waals surface area contributed by atoms with Crippen molar-refractivity contribution in [3.8, 4) is 5.75 Å². The Hall–Kier alpha value is -3.51. The van der Waals surface area contributed by atoms with Crippen molar-refractivity contribution >= 4 is 34.3 Å². The van der Waals surface area contributed by atoms with Crippen LogP contribution in [0, 0.1) is 0 Å². The van der Waals surface area contributed by atoms with Crippen LogP contribution in [0.25, 0.3) is 10.9 Å². The number of rotatable bonds is 3. The molecule has 3 aromatic carbocycles. The number of H-pyrrole nitrogens is 1. The summed E-state index contributed by atoms with van der Waals surface area (Å²) < 4.78 is 5.27. The van der Waals surface area contributed by atoms with Crippen LogP contribution in [0.3, 0.4) is 0 Å². The Morgan fingerprint density at radius 2 is 1.60 bits per heavy atom. The van der Waals surface area contributed by atoms with E-state index in [9.17, 15) is 9.59 Å². The van der Waals surface area contributed by atoms with Crippen LogP contribution in [0.2, 0.25) is 0 Å². The molecule has 1 aliphatic heterocycles. The number of nitrogens with zero attached hydrogens (tertiary/aromatic N) is 1. The third-order valence-electron chi connectivity index (χ3n) is 5.21. The van der Waals surface area contributed by atoms with Gasteiger partial charge in [-0.2, -0.15) is 0 Å². The average molecular weight is 414 g/mol. The minimum Gasteiger partial charge on any atom is -0.497 e. The van der Waals surface area contributed by atoms with Gasteiger partial charge < -0.3 is 9.72 Å². The van der Waals surface area contributed by atoms with E-state index < -0.39 is 0 Å². The van der Waals surface area contributed by atoms with Crippen LogP contribution in [-0.4, -0.2) is 18.0 Å². The van der Waals surface area contributed by atoms with Gasteiger partial charge in [0.25, 0.3) is 11.5 Å². The Kier molecular flexibility index (Phi) is 4.56. The lowest BCUT2D eigenvalue weighted by molar-refractivity contribution is 0.0980. The van der Waals surface area contributed by atoms with Crippen molar-refractivity contribution in [2.45, 2.75) is 10.3 Å². The minimum atomic E-state index is -0.374. The lowest BCUT2D eigenvalue weighted by Crippen LogP contribution is -2.39. The van der Waals surface area contributed by atoms with Crippen LogP contribution in [0.15, 0.2) is 88.6 Å². The van der Waals surface area contributed by atoms with Crippen molar-refractivity contribution in [2.75, 3.05) is 12.0 Å². The first kappa shape index (κ1) is 18.5. The second-order valence-corrected chi connectivity index (χ2v) is 8.05. The highest BCUT2D eigenvalue weighted by atomic mass is 32.2. The fraction of sp³-hybridized carbons (Fsp3) is 0.0833. The molecule has 5 rings (SSSR count). The number of nitrogens with one attached hydrogen (secondary N) is 1. The second kappa shape index (κ2) is 7.39. The van der Waals surface area contributed by atoms with Crippen molar-refractivity contribution in [1.82, 2.24) is 4.98 Å². The normalized spacial score (nSPS) is 15.8. The van der Waals surface area contributed by atoms with Gasteiger partial charge >= 0.3 is 0 Å². The molecule has 148 valence electrons. The Labute approximate surface area is 177 Å². The number of pyridine rings is 1. The van der Waals surface area contributed by atoms with E-state index in [1.54, 1.807) is 12.0 Å². The molecule has 2 heterocycles. The molecule has 6 heteroatoms. The molecule has 0 radical (unpaired) electrons. The van der Waals surface area contributed by atoms with Gasteiger partial charge in [0, 0.05) is 16.6 Å². The van der Waals surface area contributed by atoms with Crippen LogP contribution in [0.5, 0.6) is 5.75 Å². The Morgan fingerprint density at radius 3 is 2.33 bits per heavy atom. The number of hydrogen-bond acceptors (Lipinski definition) is 4. The summed E-state index contributed by atoms with van der Waals surface area (Å²) in [6.45, 7) is 0. The summed E-state index contributed by atoms with van der Waals surface area (Å²) in [5.41, 5.74) is 2.56. The summed E-state index contributed by atoms with van der Waals surface area (Å²) in [4.78, 5) is 31.8. The zero-order valence-corrected chi connectivity index (χ0v) is 17.0. The molecular weight excluding hydrogens is 396 g/mol. The summed E-state index contributed by atoms with van der Waals surface area (Å²) in [7, 11) is 1.62. The van der Waals surface area contributed by atoms with Crippen molar-refractivity contribution in [1.29, 1.82) is 0 Å². The van der Waals surface area contributed by atoms with Gasteiger partial charge in [0.05, 0.1) is 17.6 Å². The number of fused-ring (bicyclic) bond motifs is 3. The number of methoxy groups -OCH3 is 1. The number of benzene rings is 3. The molecule has 0 saturated heterocycles. The van der Waals surface area contributed by atoms with E-state index in [-0.39, 0.29) is 16.8 Å². The molecule has 1 atom stereocenters. The van der Waals surface area contributed by atoms with E-state index in [4.69, 9.17) is 4.74 Å². The molecule has 0 fully saturated rings. The van der Waals surface area contributed by atoms with Crippen LogP contribution in [0.1, 0.15) is 21.3 Å². The van der Waals surface area contributed by atoms with Crippen molar-refractivity contribution < 1.29 is 9.53 Å². The smallest absolute Gasteiger partial charge is 0.263 e. The van der Waals surface area contributed by atoms with Gasteiger partial charge in [0.15, 0.2) is 0 Å². The standard InChI is InChI=1S/C24H18N2O3S/c1-29-17-13-11-15(12-14-17)24-26(16-7-3-2-4-8-16)23(28)20-18-9-5-6-10-19(18)25-22(27)21(20)30-24/h2-14,24H,1H3,(H,25,27). The molecule has 0 aliphatic carbocycles. The minimum absolute atomic E-state index is 0.182. The highest BCUT2D eigenvalue weighted by molar-refractivity contribution is 7.99. The fourth-order valence-corrected chi connectivity index (χ4v) is 5.08. The lowest BCUT2D eigenvalue weighted by atomic mass is 10.1. The molecule has 4 aromatic rings. The zero-order chi connectivity index (χ0) is 20.7. The highest BCUT2D eigenvalue weighted by Gasteiger charge is 2.38. The summed E-state index contributed by atoms with van der Waals surface area (Å²) in [5.74, 6) is 0.555. The Morgan fingerprint density at radius 1 is 0.900 bits per heavy atom.